The van der Waals surface area contributed by atoms with Crippen LogP contribution in [0.4, 0.5) is 0 Å². The second-order valence-electron chi connectivity index (χ2n) is 6.48. The van der Waals surface area contributed by atoms with Gasteiger partial charge < -0.3 is 14.8 Å². The van der Waals surface area contributed by atoms with Crippen molar-refractivity contribution in [3.63, 3.8) is 0 Å². The fourth-order valence-electron chi connectivity index (χ4n) is 3.20. The Morgan fingerprint density at radius 1 is 1.04 bits per heavy atom. The lowest BCUT2D eigenvalue weighted by Crippen LogP contribution is -2.11. The Kier molecular flexibility index (Phi) is 4.80. The largest absolute Gasteiger partial charge is 0.481 e. The van der Waals surface area contributed by atoms with Gasteiger partial charge in [0, 0.05) is 16.6 Å². The van der Waals surface area contributed by atoms with E-state index in [1.54, 1.807) is 0 Å². The predicted molar refractivity (Wildman–Crippen MR) is 100 cm³/mol. The van der Waals surface area contributed by atoms with Crippen LogP contribution < -0.4 is 4.74 Å². The van der Waals surface area contributed by atoms with Crippen LogP contribution >= 0.6 is 0 Å². The molecule has 2 aromatic carbocycles. The molecule has 134 valence electrons. The molecule has 0 unspecified atom stereocenters. The van der Waals surface area contributed by atoms with Gasteiger partial charge in [-0.15, -0.1) is 0 Å². The molecule has 0 aliphatic rings. The van der Waals surface area contributed by atoms with E-state index in [0.29, 0.717) is 5.75 Å². The topological polar surface area (TPSA) is 79.4 Å². The fourth-order valence-corrected chi connectivity index (χ4v) is 3.20. The second-order valence-corrected chi connectivity index (χ2v) is 6.48. The van der Waals surface area contributed by atoms with E-state index in [0.717, 1.165) is 27.9 Å². The predicted octanol–water partition coefficient (Wildman–Crippen LogP) is 4.53. The summed E-state index contributed by atoms with van der Waals surface area (Å²) in [6.07, 6.45) is -0.375. The fraction of sp³-hybridized carbons (Fsp3) is 0.238. The Hall–Kier alpha value is -3.08. The number of carboxylic acid groups (broad SMARTS) is 1. The van der Waals surface area contributed by atoms with Crippen LogP contribution in [0.2, 0.25) is 0 Å². The number of ether oxygens (including phenoxy) is 1. The molecule has 3 aromatic rings. The van der Waals surface area contributed by atoms with Gasteiger partial charge in [-0.05, 0) is 61.2 Å². The Morgan fingerprint density at radius 3 is 2.31 bits per heavy atom. The number of esters is 1. The monoisotopic (exact) mass is 351 g/mol. The molecule has 2 N–H and O–H groups in total. The Labute approximate surface area is 151 Å². The van der Waals surface area contributed by atoms with E-state index in [2.05, 4.69) is 18.0 Å². The van der Waals surface area contributed by atoms with Gasteiger partial charge in [0.1, 0.15) is 5.75 Å². The first-order valence-electron chi connectivity index (χ1n) is 8.48. The van der Waals surface area contributed by atoms with Gasteiger partial charge in [0.05, 0.1) is 12.8 Å². The van der Waals surface area contributed by atoms with Crippen LogP contribution in [-0.2, 0) is 9.59 Å². The lowest BCUT2D eigenvalue weighted by Gasteiger charge is -2.13. The molecule has 0 fully saturated rings. The number of H-pyrrole nitrogens is 1. The van der Waals surface area contributed by atoms with E-state index in [1.165, 1.54) is 10.9 Å². The minimum Gasteiger partial charge on any atom is -0.481 e. The lowest BCUT2D eigenvalue weighted by atomic mass is 10.0. The van der Waals surface area contributed by atoms with Crippen molar-refractivity contribution in [2.45, 2.75) is 33.6 Å². The third-order valence-electron chi connectivity index (χ3n) is 4.47. The number of fused-ring (bicyclic) bond motifs is 1. The standard InChI is InChI=1S/C21H21NO4/c1-12-10-15(20-14(3)16-6-4-5-7-17(16)22-20)11-13(2)21(12)26-19(25)9-8-18(23)24/h4-7,10-11,22H,8-9H2,1-3H3,(H,23,24). The molecule has 5 heteroatoms. The average Bonchev–Trinajstić information content (AvgIpc) is 2.93. The van der Waals surface area contributed by atoms with Crippen LogP contribution in [-0.4, -0.2) is 22.0 Å². The summed E-state index contributed by atoms with van der Waals surface area (Å²) in [7, 11) is 0. The average molecular weight is 351 g/mol. The first-order chi connectivity index (χ1) is 12.4. The third kappa shape index (κ3) is 3.47. The summed E-state index contributed by atoms with van der Waals surface area (Å²) < 4.78 is 5.39. The van der Waals surface area contributed by atoms with E-state index >= 15 is 0 Å². The molecule has 0 amide bonds. The highest BCUT2D eigenvalue weighted by molar-refractivity contribution is 5.90. The minimum absolute atomic E-state index is 0.142. The van der Waals surface area contributed by atoms with Crippen molar-refractivity contribution in [2.24, 2.45) is 0 Å². The number of aromatic amines is 1. The molecule has 1 heterocycles. The Balaban J connectivity index is 1.92. The number of carboxylic acids is 1. The zero-order valence-corrected chi connectivity index (χ0v) is 15.1. The molecule has 0 saturated heterocycles. The first kappa shape index (κ1) is 17.7. The van der Waals surface area contributed by atoms with Gasteiger partial charge >= 0.3 is 11.9 Å². The second kappa shape index (κ2) is 7.04. The number of carbonyl (C=O) groups is 2. The molecule has 0 bridgehead atoms. The molecular weight excluding hydrogens is 330 g/mol. The first-order valence-corrected chi connectivity index (χ1v) is 8.48. The van der Waals surface area contributed by atoms with Crippen LogP contribution in [0.5, 0.6) is 5.75 Å². The van der Waals surface area contributed by atoms with Crippen LogP contribution in [0.3, 0.4) is 0 Å². The molecule has 0 atom stereocenters. The molecular formula is C21H21NO4. The third-order valence-corrected chi connectivity index (χ3v) is 4.47. The number of carbonyl (C=O) groups excluding carboxylic acids is 1. The zero-order chi connectivity index (χ0) is 18.8. The summed E-state index contributed by atoms with van der Waals surface area (Å²) >= 11 is 0. The number of nitrogens with one attached hydrogen (secondary N) is 1. The highest BCUT2D eigenvalue weighted by atomic mass is 16.5. The molecule has 0 radical (unpaired) electrons. The molecule has 26 heavy (non-hydrogen) atoms. The van der Waals surface area contributed by atoms with Crippen LogP contribution in [0, 0.1) is 20.8 Å². The molecule has 0 aliphatic carbocycles. The van der Waals surface area contributed by atoms with E-state index in [-0.39, 0.29) is 12.8 Å². The van der Waals surface area contributed by atoms with Gasteiger partial charge in [-0.3, -0.25) is 9.59 Å². The van der Waals surface area contributed by atoms with Gasteiger partial charge in [-0.25, -0.2) is 0 Å². The van der Waals surface area contributed by atoms with Crippen molar-refractivity contribution in [3.8, 4) is 17.0 Å². The molecule has 3 rings (SSSR count). The number of aromatic nitrogens is 1. The number of para-hydroxylation sites is 1. The summed E-state index contributed by atoms with van der Waals surface area (Å²) in [5.41, 5.74) is 5.99. The van der Waals surface area contributed by atoms with Gasteiger partial charge in [0.2, 0.25) is 0 Å². The maximum atomic E-state index is 11.9. The summed E-state index contributed by atoms with van der Waals surface area (Å²) in [5, 5.41) is 9.86. The van der Waals surface area contributed by atoms with Crippen molar-refractivity contribution >= 4 is 22.8 Å². The van der Waals surface area contributed by atoms with Crippen LogP contribution in [0.15, 0.2) is 36.4 Å². The van der Waals surface area contributed by atoms with Crippen molar-refractivity contribution in [2.75, 3.05) is 0 Å². The zero-order valence-electron chi connectivity index (χ0n) is 15.1. The van der Waals surface area contributed by atoms with Gasteiger partial charge in [-0.2, -0.15) is 0 Å². The Bertz CT molecular complexity index is 977. The van der Waals surface area contributed by atoms with Crippen molar-refractivity contribution in [3.05, 3.63) is 53.1 Å². The highest BCUT2D eigenvalue weighted by Gasteiger charge is 2.15. The molecule has 0 aliphatic heterocycles. The minimum atomic E-state index is -1.01. The van der Waals surface area contributed by atoms with E-state index in [4.69, 9.17) is 9.84 Å². The lowest BCUT2D eigenvalue weighted by molar-refractivity contribution is -0.142. The van der Waals surface area contributed by atoms with Crippen molar-refractivity contribution in [1.29, 1.82) is 0 Å². The van der Waals surface area contributed by atoms with E-state index in [1.807, 2.05) is 44.2 Å². The molecule has 0 spiro atoms. The smallest absolute Gasteiger partial charge is 0.311 e. The van der Waals surface area contributed by atoms with Gasteiger partial charge in [0.25, 0.3) is 0 Å². The van der Waals surface area contributed by atoms with Crippen LogP contribution in [0.1, 0.15) is 29.5 Å². The SMILES string of the molecule is Cc1cc(-c2[nH]c3ccccc3c2C)cc(C)c1OC(=O)CCC(=O)O. The maximum Gasteiger partial charge on any atom is 0.311 e. The number of aliphatic carboxylic acids is 1. The summed E-state index contributed by atoms with van der Waals surface area (Å²) in [5.74, 6) is -1.05. The number of aryl methyl sites for hydroxylation is 3. The van der Waals surface area contributed by atoms with Crippen molar-refractivity contribution in [1.82, 2.24) is 4.98 Å². The maximum absolute atomic E-state index is 11.9. The summed E-state index contributed by atoms with van der Waals surface area (Å²) in [6, 6.07) is 12.1. The summed E-state index contributed by atoms with van der Waals surface area (Å²) in [6.45, 7) is 5.85. The summed E-state index contributed by atoms with van der Waals surface area (Å²) in [4.78, 5) is 25.9. The molecule has 0 saturated carbocycles. The number of hydrogen-bond acceptors (Lipinski definition) is 3. The van der Waals surface area contributed by atoms with Gasteiger partial charge in [-0.1, -0.05) is 18.2 Å². The van der Waals surface area contributed by atoms with E-state index in [9.17, 15) is 9.59 Å². The molecule has 1 aromatic heterocycles. The normalized spacial score (nSPS) is 10.9. The quantitative estimate of drug-likeness (QED) is 0.523. The Morgan fingerprint density at radius 2 is 1.69 bits per heavy atom. The van der Waals surface area contributed by atoms with Crippen molar-refractivity contribution < 1.29 is 19.4 Å². The molecule has 5 nitrogen and oxygen atoms in total. The number of benzene rings is 2. The number of hydrogen-bond donors (Lipinski definition) is 2. The highest BCUT2D eigenvalue weighted by Crippen LogP contribution is 2.34. The van der Waals surface area contributed by atoms with E-state index < -0.39 is 11.9 Å². The van der Waals surface area contributed by atoms with Gasteiger partial charge in [0.15, 0.2) is 0 Å². The number of rotatable bonds is 5. The van der Waals surface area contributed by atoms with Crippen LogP contribution in [0.25, 0.3) is 22.2 Å².